The SMILES string of the molecule is COc1ccc(C=Cc2cccc(Nc3ccc(COCNCCC(C)C)cc3C)c2)cc1. The minimum Gasteiger partial charge on any atom is -0.497 e. The van der Waals surface area contributed by atoms with Gasteiger partial charge in [-0.15, -0.1) is 0 Å². The van der Waals surface area contributed by atoms with Gasteiger partial charge in [-0.1, -0.05) is 62.4 Å². The van der Waals surface area contributed by atoms with Crippen LogP contribution in [0.25, 0.3) is 12.2 Å². The Kier molecular flexibility index (Phi) is 9.55. The number of hydrogen-bond acceptors (Lipinski definition) is 4. The number of nitrogens with one attached hydrogen (secondary N) is 2. The van der Waals surface area contributed by atoms with Crippen LogP contribution in [-0.4, -0.2) is 20.4 Å². The zero-order valence-corrected chi connectivity index (χ0v) is 20.2. The van der Waals surface area contributed by atoms with Gasteiger partial charge < -0.3 is 14.8 Å². The van der Waals surface area contributed by atoms with Crippen LogP contribution in [0, 0.1) is 12.8 Å². The Labute approximate surface area is 198 Å². The number of benzene rings is 3. The molecule has 0 aromatic heterocycles. The van der Waals surface area contributed by atoms with E-state index in [2.05, 4.69) is 86.0 Å². The van der Waals surface area contributed by atoms with Crippen LogP contribution in [-0.2, 0) is 11.3 Å². The molecule has 0 bridgehead atoms. The lowest BCUT2D eigenvalue weighted by Gasteiger charge is -2.13. The summed E-state index contributed by atoms with van der Waals surface area (Å²) in [6.07, 6.45) is 5.40. The molecule has 0 amide bonds. The summed E-state index contributed by atoms with van der Waals surface area (Å²) < 4.78 is 11.0. The maximum absolute atomic E-state index is 5.76. The van der Waals surface area contributed by atoms with Gasteiger partial charge in [0.2, 0.25) is 0 Å². The summed E-state index contributed by atoms with van der Waals surface area (Å²) in [6, 6.07) is 22.9. The molecule has 0 aliphatic rings. The number of hydrogen-bond donors (Lipinski definition) is 2. The molecule has 0 saturated carbocycles. The van der Waals surface area contributed by atoms with Gasteiger partial charge in [0.15, 0.2) is 0 Å². The Hall–Kier alpha value is -3.08. The molecule has 0 saturated heterocycles. The molecule has 0 spiro atoms. The molecule has 0 radical (unpaired) electrons. The van der Waals surface area contributed by atoms with Crippen molar-refractivity contribution in [3.63, 3.8) is 0 Å². The Morgan fingerprint density at radius 2 is 1.70 bits per heavy atom. The summed E-state index contributed by atoms with van der Waals surface area (Å²) in [5.74, 6) is 1.58. The number of anilines is 2. The summed E-state index contributed by atoms with van der Waals surface area (Å²) in [6.45, 7) is 8.78. The van der Waals surface area contributed by atoms with Crippen LogP contribution in [0.3, 0.4) is 0 Å². The normalized spacial score (nSPS) is 11.3. The molecule has 0 aliphatic heterocycles. The number of aryl methyl sites for hydroxylation is 1. The molecule has 0 unspecified atom stereocenters. The van der Waals surface area contributed by atoms with E-state index in [-0.39, 0.29) is 0 Å². The van der Waals surface area contributed by atoms with Gasteiger partial charge in [0.05, 0.1) is 20.4 Å². The molecule has 33 heavy (non-hydrogen) atoms. The summed E-state index contributed by atoms with van der Waals surface area (Å²) in [5.41, 5.74) is 6.82. The highest BCUT2D eigenvalue weighted by Crippen LogP contribution is 2.23. The maximum Gasteiger partial charge on any atom is 0.118 e. The average Bonchev–Trinajstić information content (AvgIpc) is 2.82. The molecule has 4 nitrogen and oxygen atoms in total. The van der Waals surface area contributed by atoms with Gasteiger partial charge >= 0.3 is 0 Å². The highest BCUT2D eigenvalue weighted by molar-refractivity contribution is 5.73. The molecule has 0 heterocycles. The number of ether oxygens (including phenoxy) is 2. The molecule has 4 heteroatoms. The van der Waals surface area contributed by atoms with Crippen LogP contribution >= 0.6 is 0 Å². The van der Waals surface area contributed by atoms with E-state index >= 15 is 0 Å². The topological polar surface area (TPSA) is 42.5 Å². The lowest BCUT2D eigenvalue weighted by atomic mass is 10.1. The summed E-state index contributed by atoms with van der Waals surface area (Å²) in [4.78, 5) is 0. The molecule has 3 aromatic rings. The Morgan fingerprint density at radius 1 is 0.909 bits per heavy atom. The molecule has 0 aliphatic carbocycles. The fourth-order valence-electron chi connectivity index (χ4n) is 3.44. The minimum absolute atomic E-state index is 0.586. The van der Waals surface area contributed by atoms with Crippen LogP contribution in [0.1, 0.15) is 42.5 Å². The van der Waals surface area contributed by atoms with Gasteiger partial charge in [-0.3, -0.25) is 5.32 Å². The lowest BCUT2D eigenvalue weighted by Crippen LogP contribution is -2.20. The summed E-state index contributed by atoms with van der Waals surface area (Å²) in [5, 5.41) is 6.88. The zero-order chi connectivity index (χ0) is 23.5. The highest BCUT2D eigenvalue weighted by Gasteiger charge is 2.03. The fraction of sp³-hybridized carbons (Fsp3) is 0.310. The first-order chi connectivity index (χ1) is 16.0. The van der Waals surface area contributed by atoms with E-state index in [1.54, 1.807) is 7.11 Å². The van der Waals surface area contributed by atoms with Gasteiger partial charge in [-0.2, -0.15) is 0 Å². The molecule has 3 rings (SSSR count). The predicted octanol–water partition coefficient (Wildman–Crippen LogP) is 7.03. The van der Waals surface area contributed by atoms with E-state index in [1.165, 1.54) is 17.5 Å². The molecule has 3 aromatic carbocycles. The highest BCUT2D eigenvalue weighted by atomic mass is 16.5. The standard InChI is InChI=1S/C29H36N2O2/c1-22(2)16-17-30-21-33-20-26-12-15-29(23(3)18-26)31-27-7-5-6-25(19-27)9-8-24-10-13-28(32-4)14-11-24/h5-15,18-19,22,30-31H,16-17,20-21H2,1-4H3. The smallest absolute Gasteiger partial charge is 0.118 e. The largest absolute Gasteiger partial charge is 0.497 e. The first-order valence-electron chi connectivity index (χ1n) is 11.6. The van der Waals surface area contributed by atoms with Crippen molar-refractivity contribution in [3.8, 4) is 5.75 Å². The third-order valence-corrected chi connectivity index (χ3v) is 5.41. The summed E-state index contributed by atoms with van der Waals surface area (Å²) >= 11 is 0. The lowest BCUT2D eigenvalue weighted by molar-refractivity contribution is 0.103. The monoisotopic (exact) mass is 444 g/mol. The van der Waals surface area contributed by atoms with Gasteiger partial charge in [0.1, 0.15) is 5.75 Å². The van der Waals surface area contributed by atoms with Crippen molar-refractivity contribution in [2.24, 2.45) is 5.92 Å². The van der Waals surface area contributed by atoms with Gasteiger partial charge in [-0.25, -0.2) is 0 Å². The van der Waals surface area contributed by atoms with E-state index in [1.807, 2.05) is 24.3 Å². The van der Waals surface area contributed by atoms with E-state index in [4.69, 9.17) is 9.47 Å². The van der Waals surface area contributed by atoms with E-state index in [9.17, 15) is 0 Å². The second-order valence-electron chi connectivity index (χ2n) is 8.68. The molecule has 0 atom stereocenters. The minimum atomic E-state index is 0.586. The van der Waals surface area contributed by atoms with E-state index in [0.717, 1.165) is 34.8 Å². The van der Waals surface area contributed by atoms with Crippen molar-refractivity contribution in [1.29, 1.82) is 0 Å². The second kappa shape index (κ2) is 12.8. The third kappa shape index (κ3) is 8.41. The number of methoxy groups -OCH3 is 1. The molecular formula is C29H36N2O2. The molecular weight excluding hydrogens is 408 g/mol. The van der Waals surface area contributed by atoms with Crippen LogP contribution < -0.4 is 15.4 Å². The number of rotatable bonds is 12. The quantitative estimate of drug-likeness (QED) is 0.179. The predicted molar refractivity (Wildman–Crippen MR) is 140 cm³/mol. The van der Waals surface area contributed by atoms with Gasteiger partial charge in [0.25, 0.3) is 0 Å². The van der Waals surface area contributed by atoms with Crippen molar-refractivity contribution >= 4 is 23.5 Å². The maximum atomic E-state index is 5.76. The fourth-order valence-corrected chi connectivity index (χ4v) is 3.44. The first kappa shape index (κ1) is 24.6. The Morgan fingerprint density at radius 3 is 2.42 bits per heavy atom. The van der Waals surface area contributed by atoms with Crippen molar-refractivity contribution in [2.75, 3.05) is 25.7 Å². The Bertz CT molecular complexity index is 1030. The van der Waals surface area contributed by atoms with Gasteiger partial charge in [0, 0.05) is 11.4 Å². The van der Waals surface area contributed by atoms with Crippen molar-refractivity contribution < 1.29 is 9.47 Å². The average molecular weight is 445 g/mol. The third-order valence-electron chi connectivity index (χ3n) is 5.41. The van der Waals surface area contributed by atoms with Gasteiger partial charge in [-0.05, 0) is 78.4 Å². The van der Waals surface area contributed by atoms with E-state index in [0.29, 0.717) is 19.3 Å². The zero-order valence-electron chi connectivity index (χ0n) is 20.2. The van der Waals surface area contributed by atoms with Crippen LogP contribution in [0.5, 0.6) is 5.75 Å². The molecule has 2 N–H and O–H groups in total. The van der Waals surface area contributed by atoms with Crippen LogP contribution in [0.2, 0.25) is 0 Å². The Balaban J connectivity index is 1.54. The van der Waals surface area contributed by atoms with Crippen molar-refractivity contribution in [2.45, 2.75) is 33.8 Å². The van der Waals surface area contributed by atoms with Crippen LogP contribution in [0.4, 0.5) is 11.4 Å². The van der Waals surface area contributed by atoms with E-state index < -0.39 is 0 Å². The molecule has 174 valence electrons. The molecule has 0 fully saturated rings. The first-order valence-corrected chi connectivity index (χ1v) is 11.6. The van der Waals surface area contributed by atoms with Crippen molar-refractivity contribution in [3.05, 3.63) is 89.0 Å². The van der Waals surface area contributed by atoms with Crippen LogP contribution in [0.15, 0.2) is 66.7 Å². The van der Waals surface area contributed by atoms with Crippen molar-refractivity contribution in [1.82, 2.24) is 5.32 Å². The second-order valence-corrected chi connectivity index (χ2v) is 8.68. The summed E-state index contributed by atoms with van der Waals surface area (Å²) in [7, 11) is 1.68.